The van der Waals surface area contributed by atoms with Gasteiger partial charge in [-0.2, -0.15) is 0 Å². The van der Waals surface area contributed by atoms with Gasteiger partial charge in [-0.1, -0.05) is 78.4 Å². The van der Waals surface area contributed by atoms with Crippen molar-refractivity contribution in [2.75, 3.05) is 7.11 Å². The summed E-state index contributed by atoms with van der Waals surface area (Å²) in [6, 6.07) is 24.6. The second kappa shape index (κ2) is 8.40. The predicted octanol–water partition coefficient (Wildman–Crippen LogP) is 4.49. The van der Waals surface area contributed by atoms with Crippen molar-refractivity contribution in [1.82, 2.24) is 0 Å². The molecule has 0 bridgehead atoms. The lowest BCUT2D eigenvalue weighted by Crippen LogP contribution is -2.29. The Hall–Kier alpha value is -3.38. The summed E-state index contributed by atoms with van der Waals surface area (Å²) in [6.07, 6.45) is -1.11. The van der Waals surface area contributed by atoms with Crippen LogP contribution < -0.4 is 0 Å². The number of rotatable bonds is 5. The molecule has 4 rings (SSSR count). The van der Waals surface area contributed by atoms with Crippen molar-refractivity contribution in [3.8, 4) is 0 Å². The maximum atomic E-state index is 13.9. The van der Waals surface area contributed by atoms with Gasteiger partial charge in [-0.25, -0.2) is 13.2 Å². The van der Waals surface area contributed by atoms with Gasteiger partial charge in [0.05, 0.1) is 17.9 Å². The van der Waals surface area contributed by atoms with E-state index < -0.39 is 27.8 Å². The maximum Gasteiger partial charge on any atom is 0.348 e. The fourth-order valence-electron chi connectivity index (χ4n) is 3.75. The molecule has 3 aromatic rings. The average Bonchev–Trinajstić information content (AvgIpc) is 3.22. The zero-order valence-corrected chi connectivity index (χ0v) is 18.0. The molecule has 0 saturated carbocycles. The van der Waals surface area contributed by atoms with Gasteiger partial charge in [-0.3, -0.25) is 0 Å². The van der Waals surface area contributed by atoms with E-state index in [1.807, 2.05) is 19.1 Å². The number of carbonyl (C=O) groups excluding carboxylic acids is 1. The van der Waals surface area contributed by atoms with E-state index in [1.165, 1.54) is 7.11 Å². The minimum atomic E-state index is -3.98. The quantitative estimate of drug-likeness (QED) is 0.553. The summed E-state index contributed by atoms with van der Waals surface area (Å²) in [6.45, 7) is 1.89. The molecule has 3 aromatic carbocycles. The topological polar surface area (TPSA) is 69.7 Å². The SMILES string of the molecule is COC(=O)[C@H]1OC(c2ccccc2)=C(S(=O)(=O)c2ccc(C)cc2)[C@@H]1c1ccccc1. The molecular formula is C25H22O5S. The van der Waals surface area contributed by atoms with Gasteiger partial charge < -0.3 is 9.47 Å². The molecule has 2 atom stereocenters. The fourth-order valence-corrected chi connectivity index (χ4v) is 5.50. The monoisotopic (exact) mass is 434 g/mol. The molecule has 0 aromatic heterocycles. The third kappa shape index (κ3) is 3.86. The van der Waals surface area contributed by atoms with Crippen molar-refractivity contribution in [1.29, 1.82) is 0 Å². The predicted molar refractivity (Wildman–Crippen MR) is 118 cm³/mol. The zero-order chi connectivity index (χ0) is 22.0. The van der Waals surface area contributed by atoms with Crippen LogP contribution >= 0.6 is 0 Å². The molecule has 1 aliphatic rings. The van der Waals surface area contributed by atoms with Crippen LogP contribution in [0.5, 0.6) is 0 Å². The molecule has 1 heterocycles. The van der Waals surface area contributed by atoms with Crippen LogP contribution in [0, 0.1) is 6.92 Å². The van der Waals surface area contributed by atoms with E-state index in [1.54, 1.807) is 72.8 Å². The highest BCUT2D eigenvalue weighted by Gasteiger charge is 2.48. The molecule has 0 saturated heterocycles. The Morgan fingerprint density at radius 3 is 2.03 bits per heavy atom. The largest absolute Gasteiger partial charge is 0.476 e. The van der Waals surface area contributed by atoms with E-state index in [0.717, 1.165) is 5.56 Å². The molecule has 6 heteroatoms. The number of sulfone groups is 1. The first-order chi connectivity index (χ1) is 14.9. The average molecular weight is 435 g/mol. The van der Waals surface area contributed by atoms with Gasteiger partial charge >= 0.3 is 5.97 Å². The first-order valence-electron chi connectivity index (χ1n) is 9.84. The Labute approximate surface area is 181 Å². The summed E-state index contributed by atoms with van der Waals surface area (Å²) in [7, 11) is -2.71. The zero-order valence-electron chi connectivity index (χ0n) is 17.2. The van der Waals surface area contributed by atoms with Crippen molar-refractivity contribution >= 4 is 21.6 Å². The highest BCUT2D eigenvalue weighted by molar-refractivity contribution is 7.95. The van der Waals surface area contributed by atoms with Crippen molar-refractivity contribution in [3.63, 3.8) is 0 Å². The molecule has 0 fully saturated rings. The lowest BCUT2D eigenvalue weighted by Gasteiger charge is -2.19. The van der Waals surface area contributed by atoms with Crippen LogP contribution in [-0.4, -0.2) is 27.6 Å². The number of hydrogen-bond acceptors (Lipinski definition) is 5. The van der Waals surface area contributed by atoms with Crippen LogP contribution in [0.1, 0.15) is 22.6 Å². The minimum absolute atomic E-state index is 0.0594. The lowest BCUT2D eigenvalue weighted by atomic mass is 9.93. The molecule has 0 unspecified atom stereocenters. The third-order valence-corrected chi connectivity index (χ3v) is 7.21. The third-order valence-electron chi connectivity index (χ3n) is 5.30. The molecule has 1 aliphatic heterocycles. The Kier molecular flexibility index (Phi) is 5.65. The molecule has 0 amide bonds. The molecule has 31 heavy (non-hydrogen) atoms. The number of ether oxygens (including phenoxy) is 2. The van der Waals surface area contributed by atoms with E-state index in [-0.39, 0.29) is 15.6 Å². The van der Waals surface area contributed by atoms with Gasteiger partial charge in [0, 0.05) is 5.56 Å². The van der Waals surface area contributed by atoms with Crippen LogP contribution in [0.15, 0.2) is 94.7 Å². The van der Waals surface area contributed by atoms with Crippen LogP contribution in [-0.2, 0) is 24.1 Å². The second-order valence-corrected chi connectivity index (χ2v) is 9.24. The van der Waals surface area contributed by atoms with Crippen molar-refractivity contribution in [2.24, 2.45) is 0 Å². The van der Waals surface area contributed by atoms with Gasteiger partial charge in [0.15, 0.2) is 0 Å². The first-order valence-corrected chi connectivity index (χ1v) is 11.3. The summed E-state index contributed by atoms with van der Waals surface area (Å²) < 4.78 is 38.8. The summed E-state index contributed by atoms with van der Waals surface area (Å²) in [4.78, 5) is 12.9. The summed E-state index contributed by atoms with van der Waals surface area (Å²) in [5.41, 5.74) is 2.20. The van der Waals surface area contributed by atoms with E-state index in [4.69, 9.17) is 9.47 Å². The molecule has 0 spiro atoms. The smallest absolute Gasteiger partial charge is 0.348 e. The van der Waals surface area contributed by atoms with E-state index in [9.17, 15) is 13.2 Å². The number of hydrogen-bond donors (Lipinski definition) is 0. The summed E-state index contributed by atoms with van der Waals surface area (Å²) in [5, 5.41) is 0. The number of methoxy groups -OCH3 is 1. The molecule has 0 radical (unpaired) electrons. The molecule has 5 nitrogen and oxygen atoms in total. The number of carbonyl (C=O) groups is 1. The first kappa shape index (κ1) is 20.9. The highest BCUT2D eigenvalue weighted by Crippen LogP contribution is 2.47. The molecule has 0 aliphatic carbocycles. The van der Waals surface area contributed by atoms with Crippen LogP contribution in [0.25, 0.3) is 5.76 Å². The minimum Gasteiger partial charge on any atom is -0.476 e. The van der Waals surface area contributed by atoms with E-state index in [2.05, 4.69) is 0 Å². The molecule has 0 N–H and O–H groups in total. The van der Waals surface area contributed by atoms with Crippen molar-refractivity contribution in [2.45, 2.75) is 23.8 Å². The highest BCUT2D eigenvalue weighted by atomic mass is 32.2. The second-order valence-electron chi connectivity index (χ2n) is 7.33. The standard InChI is InChI=1S/C25H22O5S/c1-17-13-15-20(16-14-17)31(27,28)24-21(18-9-5-3-6-10-18)23(25(26)29-2)30-22(24)19-11-7-4-8-12-19/h3-16,21,23H,1-2H3/t21-,23+/m1/s1. The Balaban J connectivity index is 1.99. The Morgan fingerprint density at radius 1 is 0.871 bits per heavy atom. The van der Waals surface area contributed by atoms with E-state index >= 15 is 0 Å². The number of esters is 1. The Bertz CT molecular complexity index is 1210. The van der Waals surface area contributed by atoms with Crippen LogP contribution in [0.2, 0.25) is 0 Å². The van der Waals surface area contributed by atoms with E-state index in [0.29, 0.717) is 11.1 Å². The summed E-state index contributed by atoms with van der Waals surface area (Å²) in [5.74, 6) is -1.29. The van der Waals surface area contributed by atoms with Crippen molar-refractivity contribution < 1.29 is 22.7 Å². The maximum absolute atomic E-state index is 13.9. The van der Waals surface area contributed by atoms with Gasteiger partial charge in [0.1, 0.15) is 10.7 Å². The molecule has 158 valence electrons. The normalized spacial score (nSPS) is 18.5. The number of aryl methyl sites for hydroxylation is 1. The van der Waals surface area contributed by atoms with Crippen LogP contribution in [0.4, 0.5) is 0 Å². The van der Waals surface area contributed by atoms with Gasteiger partial charge in [-0.15, -0.1) is 0 Å². The van der Waals surface area contributed by atoms with Gasteiger partial charge in [0.2, 0.25) is 15.9 Å². The number of benzene rings is 3. The summed E-state index contributed by atoms with van der Waals surface area (Å²) >= 11 is 0. The molecular weight excluding hydrogens is 412 g/mol. The van der Waals surface area contributed by atoms with Gasteiger partial charge in [0.25, 0.3) is 0 Å². The van der Waals surface area contributed by atoms with Crippen LogP contribution in [0.3, 0.4) is 0 Å². The fraction of sp³-hybridized carbons (Fsp3) is 0.160. The van der Waals surface area contributed by atoms with Gasteiger partial charge in [-0.05, 0) is 24.6 Å². The van der Waals surface area contributed by atoms with Crippen molar-refractivity contribution in [3.05, 3.63) is 107 Å². The lowest BCUT2D eigenvalue weighted by molar-refractivity contribution is -0.149. The Morgan fingerprint density at radius 2 is 1.45 bits per heavy atom.